The number of para-hydroxylation sites is 1. The molecule has 2 aromatic carbocycles. The molecule has 3 rings (SSSR count). The van der Waals surface area contributed by atoms with Crippen LogP contribution in [0.2, 0.25) is 0 Å². The summed E-state index contributed by atoms with van der Waals surface area (Å²) in [5, 5.41) is 1.22. The molecule has 3 aromatic rings. The highest BCUT2D eigenvalue weighted by Gasteiger charge is 2.08. The first-order valence-electron chi connectivity index (χ1n) is 6.71. The second-order valence-electron chi connectivity index (χ2n) is 5.05. The third kappa shape index (κ3) is 2.21. The van der Waals surface area contributed by atoms with Crippen molar-refractivity contribution in [3.05, 3.63) is 71.2 Å². The van der Waals surface area contributed by atoms with E-state index < -0.39 is 0 Å². The van der Waals surface area contributed by atoms with Gasteiger partial charge in [-0.3, -0.25) is 0 Å². The summed E-state index contributed by atoms with van der Waals surface area (Å²) >= 11 is 0. The smallest absolute Gasteiger partial charge is 0.123 e. The number of benzene rings is 2. The fourth-order valence-electron chi connectivity index (χ4n) is 2.67. The number of nitrogens with two attached hydrogens (primary N) is 1. The van der Waals surface area contributed by atoms with Crippen LogP contribution in [0.1, 0.15) is 16.8 Å². The molecule has 2 nitrogen and oxygen atoms in total. The molecule has 20 heavy (non-hydrogen) atoms. The average Bonchev–Trinajstić information content (AvgIpc) is 2.77. The lowest BCUT2D eigenvalue weighted by Gasteiger charge is -2.12. The minimum Gasteiger partial charge on any atom is -0.340 e. The van der Waals surface area contributed by atoms with Gasteiger partial charge in [-0.2, -0.15) is 0 Å². The molecular weight excluding hydrogens is 251 g/mol. The lowest BCUT2D eigenvalue weighted by Crippen LogP contribution is -2.07. The van der Waals surface area contributed by atoms with Crippen LogP contribution >= 0.6 is 0 Å². The van der Waals surface area contributed by atoms with Gasteiger partial charge in [0.15, 0.2) is 0 Å². The van der Waals surface area contributed by atoms with Gasteiger partial charge in [0.1, 0.15) is 5.82 Å². The molecule has 0 aliphatic heterocycles. The van der Waals surface area contributed by atoms with E-state index in [1.54, 1.807) is 0 Å². The third-order valence-electron chi connectivity index (χ3n) is 3.73. The minimum atomic E-state index is -0.233. The summed E-state index contributed by atoms with van der Waals surface area (Å²) in [5.41, 5.74) is 10.0. The summed E-state index contributed by atoms with van der Waals surface area (Å²) in [7, 11) is 0. The number of fused-ring (bicyclic) bond motifs is 1. The Morgan fingerprint density at radius 3 is 2.65 bits per heavy atom. The molecule has 3 heteroatoms. The van der Waals surface area contributed by atoms with Crippen LogP contribution in [0.25, 0.3) is 10.9 Å². The van der Waals surface area contributed by atoms with Crippen molar-refractivity contribution >= 4 is 10.9 Å². The molecule has 102 valence electrons. The zero-order chi connectivity index (χ0) is 14.1. The number of nitrogens with zero attached hydrogens (tertiary/aromatic N) is 1. The summed E-state index contributed by atoms with van der Waals surface area (Å²) in [5.74, 6) is -0.233. The summed E-state index contributed by atoms with van der Waals surface area (Å²) in [4.78, 5) is 0. The van der Waals surface area contributed by atoms with Crippen LogP contribution in [0, 0.1) is 12.7 Å². The van der Waals surface area contributed by atoms with Gasteiger partial charge in [-0.1, -0.05) is 24.3 Å². The number of hydrogen-bond donors (Lipinski definition) is 1. The number of halogens is 1. The molecule has 0 aliphatic carbocycles. The van der Waals surface area contributed by atoms with E-state index in [9.17, 15) is 4.39 Å². The van der Waals surface area contributed by atoms with E-state index >= 15 is 0 Å². The summed E-state index contributed by atoms with van der Waals surface area (Å²) in [6, 6.07) is 15.3. The molecule has 0 unspecified atom stereocenters. The van der Waals surface area contributed by atoms with E-state index in [0.29, 0.717) is 13.1 Å². The van der Waals surface area contributed by atoms with Crippen molar-refractivity contribution in [3.8, 4) is 0 Å². The number of rotatable bonds is 3. The van der Waals surface area contributed by atoms with Gasteiger partial charge in [0, 0.05) is 24.3 Å². The molecule has 0 bridgehead atoms. The highest BCUT2D eigenvalue weighted by molar-refractivity contribution is 5.81. The summed E-state index contributed by atoms with van der Waals surface area (Å²) in [6.45, 7) is 3.16. The maximum Gasteiger partial charge on any atom is 0.123 e. The Morgan fingerprint density at radius 1 is 1.05 bits per heavy atom. The highest BCUT2D eigenvalue weighted by Crippen LogP contribution is 2.22. The molecule has 0 radical (unpaired) electrons. The average molecular weight is 268 g/mol. The SMILES string of the molecule is Cc1cc2ccccc2n1Cc1ccc(F)cc1CN. The zero-order valence-electron chi connectivity index (χ0n) is 11.4. The summed E-state index contributed by atoms with van der Waals surface area (Å²) < 4.78 is 15.5. The standard InChI is InChI=1S/C17H17FN2/c1-12-8-13-4-2-3-5-17(13)20(12)11-14-6-7-16(18)9-15(14)10-19/h2-9H,10-11,19H2,1H3. The van der Waals surface area contributed by atoms with Crippen LogP contribution in [-0.4, -0.2) is 4.57 Å². The van der Waals surface area contributed by atoms with Crippen molar-refractivity contribution in [1.82, 2.24) is 4.57 Å². The van der Waals surface area contributed by atoms with Gasteiger partial charge in [-0.25, -0.2) is 4.39 Å². The van der Waals surface area contributed by atoms with Gasteiger partial charge in [-0.15, -0.1) is 0 Å². The molecule has 1 aromatic heterocycles. The van der Waals surface area contributed by atoms with E-state index in [1.807, 2.05) is 18.2 Å². The van der Waals surface area contributed by atoms with E-state index in [1.165, 1.54) is 28.7 Å². The van der Waals surface area contributed by atoms with Crippen molar-refractivity contribution < 1.29 is 4.39 Å². The molecule has 0 saturated carbocycles. The zero-order valence-corrected chi connectivity index (χ0v) is 11.4. The monoisotopic (exact) mass is 268 g/mol. The molecule has 0 fully saturated rings. The van der Waals surface area contributed by atoms with Gasteiger partial charge < -0.3 is 10.3 Å². The van der Waals surface area contributed by atoms with E-state index in [-0.39, 0.29) is 5.82 Å². The van der Waals surface area contributed by atoms with Crippen molar-refractivity contribution in [2.24, 2.45) is 5.73 Å². The maximum absolute atomic E-state index is 13.3. The van der Waals surface area contributed by atoms with Gasteiger partial charge in [0.2, 0.25) is 0 Å². The van der Waals surface area contributed by atoms with Gasteiger partial charge >= 0.3 is 0 Å². The lowest BCUT2D eigenvalue weighted by molar-refractivity contribution is 0.623. The van der Waals surface area contributed by atoms with Crippen LogP contribution in [0.4, 0.5) is 4.39 Å². The highest BCUT2D eigenvalue weighted by atomic mass is 19.1. The van der Waals surface area contributed by atoms with Crippen LogP contribution in [-0.2, 0) is 13.1 Å². The molecular formula is C17H17FN2. The fraction of sp³-hybridized carbons (Fsp3) is 0.176. The van der Waals surface area contributed by atoms with Crippen molar-refractivity contribution in [2.45, 2.75) is 20.0 Å². The second kappa shape index (κ2) is 5.10. The topological polar surface area (TPSA) is 30.9 Å². The fourth-order valence-corrected chi connectivity index (χ4v) is 2.67. The van der Waals surface area contributed by atoms with E-state index in [0.717, 1.165) is 11.1 Å². The Balaban J connectivity index is 2.07. The molecule has 2 N–H and O–H groups in total. The molecule has 0 saturated heterocycles. The van der Waals surface area contributed by atoms with Crippen LogP contribution in [0.5, 0.6) is 0 Å². The minimum absolute atomic E-state index is 0.233. The normalized spacial score (nSPS) is 11.2. The Morgan fingerprint density at radius 2 is 1.85 bits per heavy atom. The van der Waals surface area contributed by atoms with Crippen LogP contribution in [0.15, 0.2) is 48.5 Å². The maximum atomic E-state index is 13.3. The Bertz CT molecular complexity index is 759. The van der Waals surface area contributed by atoms with E-state index in [2.05, 4.69) is 29.7 Å². The first kappa shape index (κ1) is 12.9. The largest absolute Gasteiger partial charge is 0.340 e. The molecule has 1 heterocycles. The Labute approximate surface area is 117 Å². The molecule has 0 aliphatic rings. The molecule has 0 amide bonds. The predicted molar refractivity (Wildman–Crippen MR) is 80.1 cm³/mol. The number of aromatic nitrogens is 1. The second-order valence-corrected chi connectivity index (χ2v) is 5.05. The van der Waals surface area contributed by atoms with Gasteiger partial charge in [-0.05, 0) is 47.7 Å². The van der Waals surface area contributed by atoms with E-state index in [4.69, 9.17) is 5.73 Å². The first-order chi connectivity index (χ1) is 9.69. The van der Waals surface area contributed by atoms with Crippen molar-refractivity contribution in [2.75, 3.05) is 0 Å². The van der Waals surface area contributed by atoms with Crippen LogP contribution in [0.3, 0.4) is 0 Å². The third-order valence-corrected chi connectivity index (χ3v) is 3.73. The van der Waals surface area contributed by atoms with Gasteiger partial charge in [0.05, 0.1) is 0 Å². The van der Waals surface area contributed by atoms with Crippen molar-refractivity contribution in [3.63, 3.8) is 0 Å². The number of hydrogen-bond acceptors (Lipinski definition) is 1. The summed E-state index contributed by atoms with van der Waals surface area (Å²) in [6.07, 6.45) is 0. The lowest BCUT2D eigenvalue weighted by atomic mass is 10.1. The van der Waals surface area contributed by atoms with Crippen molar-refractivity contribution in [1.29, 1.82) is 0 Å². The Hall–Kier alpha value is -2.13. The first-order valence-corrected chi connectivity index (χ1v) is 6.71. The van der Waals surface area contributed by atoms with Crippen LogP contribution < -0.4 is 5.73 Å². The molecule has 0 atom stereocenters. The Kier molecular flexibility index (Phi) is 3.28. The van der Waals surface area contributed by atoms with Gasteiger partial charge in [0.25, 0.3) is 0 Å². The quantitative estimate of drug-likeness (QED) is 0.773. The number of aryl methyl sites for hydroxylation is 1. The molecule has 0 spiro atoms. The predicted octanol–water partition coefficient (Wildman–Crippen LogP) is 3.60.